The zero-order valence-corrected chi connectivity index (χ0v) is 39.1. The predicted molar refractivity (Wildman–Crippen MR) is 262 cm³/mol. The summed E-state index contributed by atoms with van der Waals surface area (Å²) in [6.07, 6.45) is 6.77. The average Bonchev–Trinajstić information content (AvgIpc) is 3.93. The number of H-pyrrole nitrogens is 2. The van der Waals surface area contributed by atoms with Crippen LogP contribution in [0.2, 0.25) is 0 Å². The first-order valence-electron chi connectivity index (χ1n) is 23.2. The monoisotopic (exact) mass is 922 g/mol. The lowest BCUT2D eigenvalue weighted by Crippen LogP contribution is -2.55. The van der Waals surface area contributed by atoms with E-state index < -0.39 is 65.3 Å². The van der Waals surface area contributed by atoms with Gasteiger partial charge < -0.3 is 25.9 Å². The molecular formula is C53H62N8O7. The van der Waals surface area contributed by atoms with Crippen molar-refractivity contribution in [1.82, 2.24) is 41.3 Å². The summed E-state index contributed by atoms with van der Waals surface area (Å²) < 4.78 is 0. The minimum absolute atomic E-state index is 0.0655. The number of carbonyl (C=O) groups is 7. The Labute approximate surface area is 397 Å². The van der Waals surface area contributed by atoms with Crippen LogP contribution in [-0.2, 0) is 48.0 Å². The topological polar surface area (TPSA) is 206 Å². The van der Waals surface area contributed by atoms with E-state index in [-0.39, 0.29) is 44.4 Å². The maximum absolute atomic E-state index is 14.7. The molecule has 0 bridgehead atoms. The Hall–Kier alpha value is -7.31. The molecule has 356 valence electrons. The lowest BCUT2D eigenvalue weighted by atomic mass is 9.88. The number of ketones is 3. The van der Waals surface area contributed by atoms with Crippen molar-refractivity contribution < 1.29 is 33.6 Å². The zero-order chi connectivity index (χ0) is 48.6. The molecule has 3 aromatic carbocycles. The van der Waals surface area contributed by atoms with E-state index in [4.69, 9.17) is 0 Å². The fourth-order valence-electron chi connectivity index (χ4n) is 8.57. The van der Waals surface area contributed by atoms with Crippen molar-refractivity contribution in [2.75, 3.05) is 26.2 Å². The fraction of sp³-hybridized carbons (Fsp3) is 0.377. The molecule has 0 saturated heterocycles. The Morgan fingerprint density at radius 1 is 0.721 bits per heavy atom. The van der Waals surface area contributed by atoms with Gasteiger partial charge in [-0.05, 0) is 68.0 Å². The van der Waals surface area contributed by atoms with Crippen LogP contribution in [-0.4, -0.2) is 105 Å². The Bertz CT molecular complexity index is 2660. The van der Waals surface area contributed by atoms with Gasteiger partial charge in [-0.2, -0.15) is 0 Å². The molecule has 0 radical (unpaired) electrons. The number of benzene rings is 3. The van der Waals surface area contributed by atoms with Gasteiger partial charge in [0.05, 0.1) is 24.7 Å². The minimum Gasteiger partial charge on any atom is -0.361 e. The first-order chi connectivity index (χ1) is 32.8. The SMILES string of the molecule is C=CCN1CC#CCN(NC(C)=O)C(=O)N[C@H](Cc2c[nH]c3ccccc23)C(=O)C[C@@H](C)C(=O)N[C@@H](Cc2c[nH]c3ccccc23)C(=O)C[C@H](Cc2ccccc2)C(=O)N[C@H](C(C)=O)CCCC1. The van der Waals surface area contributed by atoms with Crippen LogP contribution in [0, 0.1) is 23.7 Å². The van der Waals surface area contributed by atoms with Gasteiger partial charge in [-0.1, -0.05) is 91.6 Å². The maximum atomic E-state index is 14.7. The first-order valence-corrected chi connectivity index (χ1v) is 23.2. The van der Waals surface area contributed by atoms with Crippen LogP contribution >= 0.6 is 0 Å². The summed E-state index contributed by atoms with van der Waals surface area (Å²) in [5.41, 5.74) is 6.55. The van der Waals surface area contributed by atoms with Crippen LogP contribution in [0.3, 0.4) is 0 Å². The fourth-order valence-corrected chi connectivity index (χ4v) is 8.57. The standard InChI is InChI=1S/C53H62N8O7/c1-5-24-60-25-14-13-21-44(36(3)62)56-52(67)39(29-38-17-7-6-8-18-38)32-50(65)47(30-40-33-54-45-22-11-9-19-42(40)45)57-51(66)35(2)28-49(64)48(31-41-34-55-46-23-12-10-20-43(41)46)58-53(68)61(59-37(4)63)27-16-15-26-60/h5-12,17-20,22-23,33-35,39,44,47-48,54-55H,1,13-14,21,24-32H2,2-4H3,(H,56,67)(H,57,66)(H,58,68)(H,59,63)/t35-,39+,44+,47+,48-/m1/s1. The van der Waals surface area contributed by atoms with Gasteiger partial charge in [0.15, 0.2) is 17.3 Å². The second-order valence-electron chi connectivity index (χ2n) is 17.6. The highest BCUT2D eigenvalue weighted by molar-refractivity contribution is 5.97. The molecule has 0 unspecified atom stereocenters. The van der Waals surface area contributed by atoms with Crippen molar-refractivity contribution in [2.24, 2.45) is 11.8 Å². The van der Waals surface area contributed by atoms with Gasteiger partial charge in [-0.15, -0.1) is 6.58 Å². The summed E-state index contributed by atoms with van der Waals surface area (Å²) in [4.78, 5) is 106. The van der Waals surface area contributed by atoms with E-state index in [0.717, 1.165) is 43.5 Å². The smallest absolute Gasteiger partial charge is 0.337 e. The number of urea groups is 1. The number of amides is 5. The summed E-state index contributed by atoms with van der Waals surface area (Å²) in [6, 6.07) is 20.7. The summed E-state index contributed by atoms with van der Waals surface area (Å²) in [5, 5.41) is 11.5. The predicted octanol–water partition coefficient (Wildman–Crippen LogP) is 5.51. The molecule has 0 spiro atoms. The molecule has 5 aromatic rings. The van der Waals surface area contributed by atoms with Gasteiger partial charge in [-0.25, -0.2) is 9.80 Å². The van der Waals surface area contributed by atoms with Crippen molar-refractivity contribution in [3.63, 3.8) is 0 Å². The van der Waals surface area contributed by atoms with Crippen molar-refractivity contribution in [1.29, 1.82) is 0 Å². The van der Waals surface area contributed by atoms with Gasteiger partial charge in [0.2, 0.25) is 17.7 Å². The molecule has 0 fully saturated rings. The molecule has 5 amide bonds. The molecule has 15 heteroatoms. The minimum atomic E-state index is -1.14. The number of nitrogens with zero attached hydrogens (tertiary/aromatic N) is 2. The van der Waals surface area contributed by atoms with Crippen LogP contribution in [0.25, 0.3) is 21.8 Å². The number of Topliss-reactive ketones (excluding diaryl/α,β-unsaturated/α-hetero) is 3. The highest BCUT2D eigenvalue weighted by Crippen LogP contribution is 2.24. The number of hydrazine groups is 1. The van der Waals surface area contributed by atoms with E-state index in [9.17, 15) is 33.6 Å². The normalized spacial score (nSPS) is 21.4. The molecule has 15 nitrogen and oxygen atoms in total. The van der Waals surface area contributed by atoms with E-state index in [1.807, 2.05) is 83.8 Å². The molecule has 1 aliphatic heterocycles. The number of para-hydroxylation sites is 2. The van der Waals surface area contributed by atoms with E-state index in [1.165, 1.54) is 13.8 Å². The molecule has 5 atom stereocenters. The van der Waals surface area contributed by atoms with E-state index in [2.05, 4.69) is 49.8 Å². The number of carbonyl (C=O) groups excluding carboxylic acids is 7. The molecule has 1 aliphatic rings. The molecule has 6 rings (SSSR count). The third-order valence-corrected chi connectivity index (χ3v) is 12.3. The number of hydrogen-bond acceptors (Lipinski definition) is 8. The first kappa shape index (κ1) is 50.1. The Balaban J connectivity index is 1.34. The maximum Gasteiger partial charge on any atom is 0.337 e. The summed E-state index contributed by atoms with van der Waals surface area (Å²) in [6.45, 7) is 9.38. The molecular weight excluding hydrogens is 861 g/mol. The van der Waals surface area contributed by atoms with Crippen LogP contribution in [0.4, 0.5) is 4.79 Å². The van der Waals surface area contributed by atoms with E-state index in [0.29, 0.717) is 38.9 Å². The van der Waals surface area contributed by atoms with Crippen molar-refractivity contribution in [2.45, 2.75) is 90.3 Å². The lowest BCUT2D eigenvalue weighted by molar-refractivity contribution is -0.134. The van der Waals surface area contributed by atoms with Crippen LogP contribution in [0.1, 0.15) is 69.6 Å². The van der Waals surface area contributed by atoms with Crippen LogP contribution < -0.4 is 21.4 Å². The Morgan fingerprint density at radius 2 is 1.31 bits per heavy atom. The molecule has 2 aromatic heterocycles. The summed E-state index contributed by atoms with van der Waals surface area (Å²) in [7, 11) is 0. The van der Waals surface area contributed by atoms with E-state index in [1.54, 1.807) is 25.4 Å². The summed E-state index contributed by atoms with van der Waals surface area (Å²) in [5.74, 6) is 1.61. The number of hydrogen-bond donors (Lipinski definition) is 6. The highest BCUT2D eigenvalue weighted by Gasteiger charge is 2.33. The second-order valence-corrected chi connectivity index (χ2v) is 17.6. The number of rotatable bonds is 10. The Kier molecular flexibility index (Phi) is 18.0. The highest BCUT2D eigenvalue weighted by atomic mass is 16.2. The van der Waals surface area contributed by atoms with Crippen molar-refractivity contribution in [3.8, 4) is 11.8 Å². The number of aromatic amines is 2. The largest absolute Gasteiger partial charge is 0.361 e. The average molecular weight is 923 g/mol. The van der Waals surface area contributed by atoms with Crippen LogP contribution in [0.5, 0.6) is 0 Å². The number of nitrogens with one attached hydrogen (secondary N) is 6. The molecule has 3 heterocycles. The summed E-state index contributed by atoms with van der Waals surface area (Å²) >= 11 is 0. The van der Waals surface area contributed by atoms with Crippen molar-refractivity contribution >= 4 is 62.9 Å². The molecule has 68 heavy (non-hydrogen) atoms. The molecule has 6 N–H and O–H groups in total. The Morgan fingerprint density at radius 3 is 1.93 bits per heavy atom. The van der Waals surface area contributed by atoms with Gasteiger partial charge in [-0.3, -0.25) is 39.1 Å². The van der Waals surface area contributed by atoms with Gasteiger partial charge >= 0.3 is 6.03 Å². The van der Waals surface area contributed by atoms with Gasteiger partial charge in [0, 0.05) is 85.2 Å². The second kappa shape index (κ2) is 24.5. The quantitative estimate of drug-likeness (QED) is 0.0777. The van der Waals surface area contributed by atoms with Crippen LogP contribution in [0.15, 0.2) is 104 Å². The zero-order valence-electron chi connectivity index (χ0n) is 39.1. The lowest BCUT2D eigenvalue weighted by Gasteiger charge is -2.26. The number of fused-ring (bicyclic) bond motifs is 2. The van der Waals surface area contributed by atoms with Gasteiger partial charge in [0.25, 0.3) is 0 Å². The van der Waals surface area contributed by atoms with E-state index >= 15 is 0 Å². The molecule has 0 aliphatic carbocycles. The van der Waals surface area contributed by atoms with Gasteiger partial charge in [0.1, 0.15) is 6.54 Å². The number of aromatic nitrogens is 2. The third-order valence-electron chi connectivity index (χ3n) is 12.3. The third kappa shape index (κ3) is 14.1. The molecule has 0 saturated carbocycles. The van der Waals surface area contributed by atoms with Crippen molar-refractivity contribution in [3.05, 3.63) is 121 Å².